The van der Waals surface area contributed by atoms with Crippen LogP contribution in [0.25, 0.3) is 0 Å². The van der Waals surface area contributed by atoms with Crippen molar-refractivity contribution < 1.29 is 4.74 Å². The summed E-state index contributed by atoms with van der Waals surface area (Å²) < 4.78 is 5.85. The molecule has 1 aromatic carbocycles. The number of anilines is 1. The van der Waals surface area contributed by atoms with Crippen molar-refractivity contribution >= 4 is 5.69 Å². The summed E-state index contributed by atoms with van der Waals surface area (Å²) >= 11 is 0. The molecule has 0 aliphatic carbocycles. The number of nitriles is 1. The van der Waals surface area contributed by atoms with Gasteiger partial charge in [-0.3, -0.25) is 0 Å². The predicted octanol–water partition coefficient (Wildman–Crippen LogP) is 3.10. The van der Waals surface area contributed by atoms with Gasteiger partial charge in [0.05, 0.1) is 5.69 Å². The van der Waals surface area contributed by atoms with Crippen LogP contribution in [0.4, 0.5) is 5.69 Å². The maximum atomic E-state index is 9.03. The average molecular weight is 251 g/mol. The Morgan fingerprint density at radius 3 is 3.00 bits per heavy atom. The molecule has 1 aliphatic rings. The molecule has 4 heteroatoms. The minimum absolute atomic E-state index is 0.302. The van der Waals surface area contributed by atoms with E-state index in [-0.39, 0.29) is 0 Å². The van der Waals surface area contributed by atoms with E-state index in [0.717, 1.165) is 30.8 Å². The number of benzene rings is 1. The Balaban J connectivity index is 1.98. The lowest BCUT2D eigenvalue weighted by Crippen LogP contribution is -2.12. The minimum Gasteiger partial charge on any atom is -0.452 e. The predicted molar refractivity (Wildman–Crippen MR) is 72.3 cm³/mol. The number of aryl methyl sites for hydroxylation is 1. The molecule has 0 atom stereocenters. The van der Waals surface area contributed by atoms with Gasteiger partial charge in [-0.2, -0.15) is 5.26 Å². The number of fused-ring (bicyclic) bond motifs is 1. The van der Waals surface area contributed by atoms with Gasteiger partial charge in [0.25, 0.3) is 0 Å². The summed E-state index contributed by atoms with van der Waals surface area (Å²) in [6, 6.07) is 11.5. The third-order valence-electron chi connectivity index (χ3n) is 3.13. The summed E-state index contributed by atoms with van der Waals surface area (Å²) in [5, 5.41) is 12.4. The zero-order valence-corrected chi connectivity index (χ0v) is 10.4. The Morgan fingerprint density at radius 1 is 1.21 bits per heavy atom. The van der Waals surface area contributed by atoms with Crippen LogP contribution in [0, 0.1) is 11.3 Å². The van der Waals surface area contributed by atoms with E-state index in [4.69, 9.17) is 10.00 Å². The lowest BCUT2D eigenvalue weighted by Gasteiger charge is -2.21. The first-order chi connectivity index (χ1) is 9.38. The molecule has 0 spiro atoms. The lowest BCUT2D eigenvalue weighted by molar-refractivity contribution is 0.478. The highest BCUT2D eigenvalue weighted by Crippen LogP contribution is 2.35. The Hall–Kier alpha value is -2.54. The summed E-state index contributed by atoms with van der Waals surface area (Å²) in [4.78, 5) is 4.00. The van der Waals surface area contributed by atoms with E-state index in [1.807, 2.05) is 18.2 Å². The number of nitrogens with one attached hydrogen (secondary N) is 1. The highest BCUT2D eigenvalue weighted by molar-refractivity contribution is 5.64. The van der Waals surface area contributed by atoms with Crippen LogP contribution in [0.1, 0.15) is 17.7 Å². The molecule has 94 valence electrons. The first-order valence-electron chi connectivity index (χ1n) is 6.27. The van der Waals surface area contributed by atoms with Gasteiger partial charge >= 0.3 is 0 Å². The maximum absolute atomic E-state index is 9.03. The van der Waals surface area contributed by atoms with Gasteiger partial charge in [-0.25, -0.2) is 4.98 Å². The third-order valence-corrected chi connectivity index (χ3v) is 3.13. The first-order valence-corrected chi connectivity index (χ1v) is 6.27. The maximum Gasteiger partial charge on any atom is 0.183 e. The highest BCUT2D eigenvalue weighted by Gasteiger charge is 2.15. The van der Waals surface area contributed by atoms with E-state index in [9.17, 15) is 0 Å². The second kappa shape index (κ2) is 4.99. The Bertz CT molecular complexity index is 646. The molecule has 0 unspecified atom stereocenters. The Labute approximate surface area is 111 Å². The minimum atomic E-state index is 0.302. The third kappa shape index (κ3) is 2.23. The molecular weight excluding hydrogens is 238 g/mol. The van der Waals surface area contributed by atoms with Crippen molar-refractivity contribution in [2.45, 2.75) is 12.8 Å². The highest BCUT2D eigenvalue weighted by atomic mass is 16.5. The number of rotatable bonds is 2. The molecule has 1 aromatic heterocycles. The number of pyridine rings is 1. The zero-order chi connectivity index (χ0) is 13.1. The largest absolute Gasteiger partial charge is 0.452 e. The molecule has 1 N–H and O–H groups in total. The van der Waals surface area contributed by atoms with Crippen LogP contribution in [0.2, 0.25) is 0 Å². The van der Waals surface area contributed by atoms with Gasteiger partial charge in [0.1, 0.15) is 6.07 Å². The summed E-state index contributed by atoms with van der Waals surface area (Å²) in [7, 11) is 0. The molecule has 0 fully saturated rings. The summed E-state index contributed by atoms with van der Waals surface area (Å²) in [5.74, 6) is 1.24. The van der Waals surface area contributed by atoms with Gasteiger partial charge in [0, 0.05) is 12.7 Å². The summed E-state index contributed by atoms with van der Waals surface area (Å²) in [6.45, 7) is 0.950. The lowest BCUT2D eigenvalue weighted by atomic mass is 10.0. The van der Waals surface area contributed by atoms with E-state index in [1.54, 1.807) is 18.3 Å². The topological polar surface area (TPSA) is 57.9 Å². The van der Waals surface area contributed by atoms with E-state index >= 15 is 0 Å². The van der Waals surface area contributed by atoms with Crippen molar-refractivity contribution in [2.24, 2.45) is 0 Å². The van der Waals surface area contributed by atoms with E-state index in [2.05, 4.69) is 16.4 Å². The van der Waals surface area contributed by atoms with Crippen molar-refractivity contribution in [3.05, 3.63) is 47.8 Å². The number of hydrogen-bond donors (Lipinski definition) is 1. The standard InChI is InChI=1S/C15H13N3O/c16-10-12-13(7-3-8-17-12)19-14-6-1-4-11-5-2-9-18-15(11)14/h1,3-4,6-8,18H,2,5,9H2. The van der Waals surface area contributed by atoms with E-state index < -0.39 is 0 Å². The molecule has 2 heterocycles. The van der Waals surface area contributed by atoms with Gasteiger partial charge in [0.2, 0.25) is 0 Å². The average Bonchev–Trinajstić information content (AvgIpc) is 2.48. The molecule has 3 rings (SSSR count). The van der Waals surface area contributed by atoms with Gasteiger partial charge in [-0.05, 0) is 36.6 Å². The van der Waals surface area contributed by atoms with Crippen LogP contribution in [0.5, 0.6) is 11.5 Å². The van der Waals surface area contributed by atoms with Crippen molar-refractivity contribution in [1.82, 2.24) is 4.98 Å². The second-order valence-electron chi connectivity index (χ2n) is 4.38. The van der Waals surface area contributed by atoms with Gasteiger partial charge in [-0.1, -0.05) is 12.1 Å². The molecule has 1 aliphatic heterocycles. The van der Waals surface area contributed by atoms with Crippen LogP contribution in [-0.2, 0) is 6.42 Å². The first kappa shape index (κ1) is 11.5. The summed E-state index contributed by atoms with van der Waals surface area (Å²) in [5.41, 5.74) is 2.59. The number of hydrogen-bond acceptors (Lipinski definition) is 4. The fourth-order valence-electron chi connectivity index (χ4n) is 2.24. The van der Waals surface area contributed by atoms with Gasteiger partial charge < -0.3 is 10.1 Å². The second-order valence-corrected chi connectivity index (χ2v) is 4.38. The van der Waals surface area contributed by atoms with Crippen molar-refractivity contribution in [1.29, 1.82) is 5.26 Å². The molecule has 2 aromatic rings. The van der Waals surface area contributed by atoms with Crippen LogP contribution in [0.15, 0.2) is 36.5 Å². The van der Waals surface area contributed by atoms with Crippen molar-refractivity contribution in [2.75, 3.05) is 11.9 Å². The molecular formula is C15H13N3O. The number of aromatic nitrogens is 1. The monoisotopic (exact) mass is 251 g/mol. The molecule has 4 nitrogen and oxygen atoms in total. The van der Waals surface area contributed by atoms with E-state index in [1.165, 1.54) is 5.56 Å². The molecule has 0 radical (unpaired) electrons. The molecule has 19 heavy (non-hydrogen) atoms. The normalized spacial score (nSPS) is 13.0. The van der Waals surface area contributed by atoms with Crippen LogP contribution in [-0.4, -0.2) is 11.5 Å². The fraction of sp³-hybridized carbons (Fsp3) is 0.200. The molecule has 0 saturated heterocycles. The number of nitrogens with zero attached hydrogens (tertiary/aromatic N) is 2. The van der Waals surface area contributed by atoms with E-state index in [0.29, 0.717) is 11.4 Å². The van der Waals surface area contributed by atoms with Crippen molar-refractivity contribution in [3.63, 3.8) is 0 Å². The van der Waals surface area contributed by atoms with Crippen LogP contribution >= 0.6 is 0 Å². The molecule has 0 saturated carbocycles. The number of para-hydroxylation sites is 1. The van der Waals surface area contributed by atoms with Crippen LogP contribution < -0.4 is 10.1 Å². The quantitative estimate of drug-likeness (QED) is 0.891. The smallest absolute Gasteiger partial charge is 0.183 e. The number of ether oxygens (including phenoxy) is 1. The van der Waals surface area contributed by atoms with Gasteiger partial charge in [-0.15, -0.1) is 0 Å². The Morgan fingerprint density at radius 2 is 2.11 bits per heavy atom. The van der Waals surface area contributed by atoms with Gasteiger partial charge in [0.15, 0.2) is 17.2 Å². The fourth-order valence-corrected chi connectivity index (χ4v) is 2.24. The van der Waals surface area contributed by atoms with Crippen LogP contribution in [0.3, 0.4) is 0 Å². The summed E-state index contributed by atoms with van der Waals surface area (Å²) in [6.07, 6.45) is 3.77. The Kier molecular flexibility index (Phi) is 3.03. The zero-order valence-electron chi connectivity index (χ0n) is 10.4. The molecule has 0 amide bonds. The SMILES string of the molecule is N#Cc1ncccc1Oc1cccc2c1NCCC2. The molecule has 0 bridgehead atoms. The van der Waals surface area contributed by atoms with Crippen molar-refractivity contribution in [3.8, 4) is 17.6 Å².